The van der Waals surface area contributed by atoms with Gasteiger partial charge in [-0.1, -0.05) is 12.8 Å². The third-order valence-corrected chi connectivity index (χ3v) is 4.22. The number of halogens is 1. The lowest BCUT2D eigenvalue weighted by atomic mass is 9.79. The fraction of sp³-hybridized carbons (Fsp3) is 0.538. The molecule has 0 aliphatic heterocycles. The van der Waals surface area contributed by atoms with Gasteiger partial charge in [0, 0.05) is 23.3 Å². The molecule has 7 nitrogen and oxygen atoms in total. The highest BCUT2D eigenvalue weighted by Gasteiger charge is 2.31. The smallest absolute Gasteiger partial charge is 0.312 e. The number of nitrogens with one attached hydrogen (secondary N) is 1. The van der Waals surface area contributed by atoms with Crippen molar-refractivity contribution in [3.05, 3.63) is 26.9 Å². The second kappa shape index (κ2) is 6.84. The second-order valence-electron chi connectivity index (χ2n) is 5.15. The molecule has 0 bridgehead atoms. The highest BCUT2D eigenvalue weighted by atomic mass is 79.9. The number of aliphatic carboxylic acids is 1. The van der Waals surface area contributed by atoms with Gasteiger partial charge in [0.15, 0.2) is 0 Å². The summed E-state index contributed by atoms with van der Waals surface area (Å²) in [4.78, 5) is 25.7. The number of rotatable bonds is 5. The van der Waals surface area contributed by atoms with Crippen LogP contribution in [-0.2, 0) is 4.79 Å². The molecular formula is C13H16BrN3O4. The molecule has 8 heteroatoms. The predicted octanol–water partition coefficient (Wildman–Crippen LogP) is 3.06. The van der Waals surface area contributed by atoms with E-state index in [4.69, 9.17) is 0 Å². The normalized spacial score (nSPS) is 21.8. The van der Waals surface area contributed by atoms with Gasteiger partial charge in [0.1, 0.15) is 0 Å². The number of aromatic nitrogens is 1. The van der Waals surface area contributed by atoms with Gasteiger partial charge < -0.3 is 10.4 Å². The predicted molar refractivity (Wildman–Crippen MR) is 80.2 cm³/mol. The zero-order chi connectivity index (χ0) is 15.4. The first-order valence-corrected chi connectivity index (χ1v) is 7.55. The van der Waals surface area contributed by atoms with Crippen LogP contribution in [0.25, 0.3) is 0 Å². The van der Waals surface area contributed by atoms with Gasteiger partial charge in [-0.25, -0.2) is 4.98 Å². The van der Waals surface area contributed by atoms with Crippen LogP contribution in [0, 0.1) is 22.0 Å². The Hall–Kier alpha value is -1.70. The van der Waals surface area contributed by atoms with E-state index in [-0.39, 0.29) is 23.3 Å². The number of hydrogen-bond acceptors (Lipinski definition) is 5. The first-order valence-electron chi connectivity index (χ1n) is 6.75. The van der Waals surface area contributed by atoms with Crippen molar-refractivity contribution in [1.82, 2.24) is 4.98 Å². The standard InChI is InChI=1S/C13H16BrN3O4/c14-9-5-11(17(20)21)12(16-7-9)15-6-8-3-1-2-4-10(8)13(18)19/h5,7-8,10H,1-4,6H2,(H,15,16)(H,18,19). The lowest BCUT2D eigenvalue weighted by Gasteiger charge is -2.28. The fourth-order valence-corrected chi connectivity index (χ4v) is 3.03. The quantitative estimate of drug-likeness (QED) is 0.619. The number of carbonyl (C=O) groups is 1. The number of carboxylic acid groups (broad SMARTS) is 1. The molecule has 0 aromatic carbocycles. The van der Waals surface area contributed by atoms with E-state index in [2.05, 4.69) is 26.2 Å². The number of pyridine rings is 1. The highest BCUT2D eigenvalue weighted by molar-refractivity contribution is 9.10. The van der Waals surface area contributed by atoms with E-state index in [0.29, 0.717) is 17.4 Å². The Balaban J connectivity index is 2.08. The topological polar surface area (TPSA) is 105 Å². The molecular weight excluding hydrogens is 342 g/mol. The molecule has 1 aromatic heterocycles. The summed E-state index contributed by atoms with van der Waals surface area (Å²) in [6.07, 6.45) is 4.87. The van der Waals surface area contributed by atoms with Crippen molar-refractivity contribution in [2.24, 2.45) is 11.8 Å². The summed E-state index contributed by atoms with van der Waals surface area (Å²) in [7, 11) is 0. The minimum Gasteiger partial charge on any atom is -0.481 e. The van der Waals surface area contributed by atoms with Gasteiger partial charge in [-0.05, 0) is 34.7 Å². The van der Waals surface area contributed by atoms with Crippen LogP contribution in [0.5, 0.6) is 0 Å². The molecule has 1 aromatic rings. The molecule has 114 valence electrons. The monoisotopic (exact) mass is 357 g/mol. The Morgan fingerprint density at radius 2 is 2.24 bits per heavy atom. The number of hydrogen-bond donors (Lipinski definition) is 2. The third-order valence-electron chi connectivity index (χ3n) is 3.79. The Labute approximate surface area is 130 Å². The molecule has 1 heterocycles. The van der Waals surface area contributed by atoms with Gasteiger partial charge >= 0.3 is 11.7 Å². The fourth-order valence-electron chi connectivity index (χ4n) is 2.71. The van der Waals surface area contributed by atoms with Crippen molar-refractivity contribution < 1.29 is 14.8 Å². The molecule has 2 atom stereocenters. The van der Waals surface area contributed by atoms with Crippen LogP contribution in [-0.4, -0.2) is 27.5 Å². The summed E-state index contributed by atoms with van der Waals surface area (Å²) in [5, 5.41) is 23.2. The Kier molecular flexibility index (Phi) is 5.11. The maximum absolute atomic E-state index is 11.2. The van der Waals surface area contributed by atoms with Crippen LogP contribution >= 0.6 is 15.9 Å². The average molecular weight is 358 g/mol. The SMILES string of the molecule is O=C(O)C1CCCCC1CNc1ncc(Br)cc1[N+](=O)[O-]. The summed E-state index contributed by atoms with van der Waals surface area (Å²) < 4.78 is 0.529. The molecule has 1 aliphatic carbocycles. The third kappa shape index (κ3) is 3.90. The zero-order valence-corrected chi connectivity index (χ0v) is 12.9. The molecule has 2 unspecified atom stereocenters. The summed E-state index contributed by atoms with van der Waals surface area (Å²) in [6, 6.07) is 1.38. The Morgan fingerprint density at radius 1 is 1.52 bits per heavy atom. The first-order chi connectivity index (χ1) is 9.99. The number of anilines is 1. The van der Waals surface area contributed by atoms with Gasteiger partial charge in [0.25, 0.3) is 0 Å². The lowest BCUT2D eigenvalue weighted by molar-refractivity contribution is -0.384. The van der Waals surface area contributed by atoms with Crippen LogP contribution in [0.3, 0.4) is 0 Å². The molecule has 1 aliphatic rings. The van der Waals surface area contributed by atoms with Gasteiger partial charge in [-0.2, -0.15) is 0 Å². The Morgan fingerprint density at radius 3 is 2.90 bits per heavy atom. The van der Waals surface area contributed by atoms with Crippen molar-refractivity contribution in [3.8, 4) is 0 Å². The van der Waals surface area contributed by atoms with Crippen molar-refractivity contribution >= 4 is 33.4 Å². The maximum Gasteiger partial charge on any atom is 0.312 e. The van der Waals surface area contributed by atoms with Crippen molar-refractivity contribution in [1.29, 1.82) is 0 Å². The van der Waals surface area contributed by atoms with Crippen molar-refractivity contribution in [2.45, 2.75) is 25.7 Å². The van der Waals surface area contributed by atoms with Gasteiger partial charge in [-0.3, -0.25) is 14.9 Å². The van der Waals surface area contributed by atoms with Crippen molar-refractivity contribution in [3.63, 3.8) is 0 Å². The first kappa shape index (κ1) is 15.7. The van der Waals surface area contributed by atoms with E-state index < -0.39 is 10.9 Å². The van der Waals surface area contributed by atoms with Crippen LogP contribution in [0.2, 0.25) is 0 Å². The molecule has 0 spiro atoms. The van der Waals surface area contributed by atoms with E-state index in [1.165, 1.54) is 12.3 Å². The molecule has 2 rings (SSSR count). The van der Waals surface area contributed by atoms with E-state index in [1.807, 2.05) is 0 Å². The van der Waals surface area contributed by atoms with E-state index in [1.54, 1.807) is 0 Å². The lowest BCUT2D eigenvalue weighted by Crippen LogP contribution is -2.32. The summed E-state index contributed by atoms with van der Waals surface area (Å²) in [5.74, 6) is -1.03. The molecule has 0 radical (unpaired) electrons. The summed E-state index contributed by atoms with van der Waals surface area (Å²) >= 11 is 3.15. The number of nitro groups is 1. The number of carboxylic acids is 1. The van der Waals surface area contributed by atoms with Crippen LogP contribution in [0.15, 0.2) is 16.7 Å². The molecule has 0 amide bonds. The summed E-state index contributed by atoms with van der Waals surface area (Å²) in [6.45, 7) is 0.381. The van der Waals surface area contributed by atoms with Gasteiger partial charge in [-0.15, -0.1) is 0 Å². The molecule has 1 fully saturated rings. The van der Waals surface area contributed by atoms with E-state index in [0.717, 1.165) is 19.3 Å². The minimum atomic E-state index is -0.792. The van der Waals surface area contributed by atoms with Crippen LogP contribution in [0.4, 0.5) is 11.5 Å². The minimum absolute atomic E-state index is 0.0266. The second-order valence-corrected chi connectivity index (χ2v) is 6.06. The Bertz CT molecular complexity index is 552. The molecule has 1 saturated carbocycles. The summed E-state index contributed by atoms with van der Waals surface area (Å²) in [5.41, 5.74) is -0.118. The maximum atomic E-state index is 11.2. The van der Waals surface area contributed by atoms with Crippen LogP contribution in [0.1, 0.15) is 25.7 Å². The molecule has 21 heavy (non-hydrogen) atoms. The average Bonchev–Trinajstić information content (AvgIpc) is 2.46. The zero-order valence-electron chi connectivity index (χ0n) is 11.3. The van der Waals surface area contributed by atoms with Gasteiger partial charge in [0.2, 0.25) is 5.82 Å². The van der Waals surface area contributed by atoms with Crippen LogP contribution < -0.4 is 5.32 Å². The highest BCUT2D eigenvalue weighted by Crippen LogP contribution is 2.31. The van der Waals surface area contributed by atoms with Crippen molar-refractivity contribution in [2.75, 3.05) is 11.9 Å². The van der Waals surface area contributed by atoms with Gasteiger partial charge in [0.05, 0.1) is 10.8 Å². The number of nitrogens with zero attached hydrogens (tertiary/aromatic N) is 2. The van der Waals surface area contributed by atoms with E-state index >= 15 is 0 Å². The largest absolute Gasteiger partial charge is 0.481 e. The molecule has 0 saturated heterocycles. The van der Waals surface area contributed by atoms with E-state index in [9.17, 15) is 20.0 Å². The molecule has 2 N–H and O–H groups in total.